The van der Waals surface area contributed by atoms with Gasteiger partial charge in [0.15, 0.2) is 0 Å². The second-order valence-electron chi connectivity index (χ2n) is 3.94. The first-order valence-corrected chi connectivity index (χ1v) is 6.13. The van der Waals surface area contributed by atoms with Crippen LogP contribution in [-0.2, 0) is 6.18 Å². The number of anilines is 2. The Hall–Kier alpha value is -2.16. The lowest BCUT2D eigenvalue weighted by Gasteiger charge is -2.12. The summed E-state index contributed by atoms with van der Waals surface area (Å²) in [6.07, 6.45) is -4.58. The number of hydrogen-bond acceptors (Lipinski definition) is 5. The third-order valence-corrected chi connectivity index (χ3v) is 3.30. The molecule has 2 rings (SSSR count). The van der Waals surface area contributed by atoms with Gasteiger partial charge in [-0.3, -0.25) is 4.79 Å². The van der Waals surface area contributed by atoms with E-state index in [9.17, 15) is 18.0 Å². The zero-order valence-electron chi connectivity index (χ0n) is 10.2. The molecule has 1 aromatic carbocycles. The molecule has 2 aromatic rings. The summed E-state index contributed by atoms with van der Waals surface area (Å²) in [5.41, 5.74) is 4.31. The van der Waals surface area contributed by atoms with Gasteiger partial charge in [-0.05, 0) is 36.7 Å². The van der Waals surface area contributed by atoms with Gasteiger partial charge in [-0.25, -0.2) is 0 Å². The van der Waals surface area contributed by atoms with Gasteiger partial charge < -0.3 is 11.1 Å². The van der Waals surface area contributed by atoms with Crippen molar-refractivity contribution < 1.29 is 18.0 Å². The fraction of sp³-hybridized carbons (Fsp3) is 0.182. The van der Waals surface area contributed by atoms with Crippen molar-refractivity contribution in [3.8, 4) is 0 Å². The van der Waals surface area contributed by atoms with Crippen molar-refractivity contribution in [1.82, 2.24) is 9.59 Å². The van der Waals surface area contributed by atoms with Crippen molar-refractivity contribution in [2.24, 2.45) is 0 Å². The molecule has 0 aliphatic carbocycles. The van der Waals surface area contributed by atoms with Gasteiger partial charge in [0.1, 0.15) is 4.88 Å². The maximum atomic E-state index is 12.7. The number of alkyl halides is 3. The molecule has 0 aliphatic heterocycles. The summed E-state index contributed by atoms with van der Waals surface area (Å²) in [5, 5.41) is 6.02. The van der Waals surface area contributed by atoms with Crippen molar-refractivity contribution in [2.45, 2.75) is 13.1 Å². The van der Waals surface area contributed by atoms with Crippen LogP contribution in [0.4, 0.5) is 24.5 Å². The Labute approximate surface area is 115 Å². The maximum Gasteiger partial charge on any atom is 0.418 e. The number of hydrogen-bond donors (Lipinski definition) is 2. The van der Waals surface area contributed by atoms with E-state index in [1.54, 1.807) is 6.92 Å². The number of nitrogens with one attached hydrogen (secondary N) is 1. The molecule has 0 saturated carbocycles. The summed E-state index contributed by atoms with van der Waals surface area (Å²) < 4.78 is 41.7. The van der Waals surface area contributed by atoms with E-state index in [2.05, 4.69) is 14.9 Å². The normalized spacial score (nSPS) is 11.4. The van der Waals surface area contributed by atoms with Gasteiger partial charge in [0.2, 0.25) is 0 Å². The minimum atomic E-state index is -4.58. The van der Waals surface area contributed by atoms with E-state index in [0.29, 0.717) is 5.69 Å². The first kappa shape index (κ1) is 14.3. The number of aromatic nitrogens is 2. The predicted octanol–water partition coefficient (Wildman–Crippen LogP) is 2.70. The average Bonchev–Trinajstić information content (AvgIpc) is 2.76. The molecule has 0 radical (unpaired) electrons. The van der Waals surface area contributed by atoms with E-state index in [1.165, 1.54) is 6.07 Å². The summed E-state index contributed by atoms with van der Waals surface area (Å²) >= 11 is 0.870. The number of amides is 1. The molecule has 0 spiro atoms. The Morgan fingerprint density at radius 2 is 2.10 bits per heavy atom. The van der Waals surface area contributed by atoms with Crippen LogP contribution in [0.15, 0.2) is 18.2 Å². The molecule has 106 valence electrons. The molecule has 20 heavy (non-hydrogen) atoms. The van der Waals surface area contributed by atoms with Gasteiger partial charge in [0.25, 0.3) is 5.91 Å². The number of rotatable bonds is 2. The summed E-state index contributed by atoms with van der Waals surface area (Å²) in [6, 6.07) is 3.18. The van der Waals surface area contributed by atoms with Crippen molar-refractivity contribution >= 4 is 28.8 Å². The minimum Gasteiger partial charge on any atom is -0.398 e. The van der Waals surface area contributed by atoms with E-state index < -0.39 is 23.3 Å². The Bertz CT molecular complexity index is 653. The van der Waals surface area contributed by atoms with Crippen molar-refractivity contribution in [3.63, 3.8) is 0 Å². The number of nitrogens with two attached hydrogens (primary N) is 1. The molecule has 3 N–H and O–H groups in total. The molecule has 1 amide bonds. The van der Waals surface area contributed by atoms with Crippen LogP contribution in [-0.4, -0.2) is 15.5 Å². The van der Waals surface area contributed by atoms with Gasteiger partial charge in [-0.1, -0.05) is 4.49 Å². The molecule has 5 nitrogen and oxygen atoms in total. The van der Waals surface area contributed by atoms with E-state index in [-0.39, 0.29) is 10.6 Å². The van der Waals surface area contributed by atoms with Crippen LogP contribution in [0.3, 0.4) is 0 Å². The SMILES string of the molecule is Cc1nnsc1C(=O)Nc1ccc(N)c(C(F)(F)F)c1. The average molecular weight is 302 g/mol. The van der Waals surface area contributed by atoms with E-state index in [1.807, 2.05) is 0 Å². The molecule has 0 bridgehead atoms. The third kappa shape index (κ3) is 2.87. The minimum absolute atomic E-state index is 0.00400. The molecule has 0 atom stereocenters. The lowest BCUT2D eigenvalue weighted by molar-refractivity contribution is -0.136. The Balaban J connectivity index is 2.27. The fourth-order valence-corrected chi connectivity index (χ4v) is 2.06. The highest BCUT2D eigenvalue weighted by atomic mass is 32.1. The van der Waals surface area contributed by atoms with Crippen LogP contribution in [0.2, 0.25) is 0 Å². The molecule has 1 heterocycles. The van der Waals surface area contributed by atoms with Crippen LogP contribution < -0.4 is 11.1 Å². The number of carbonyl (C=O) groups is 1. The number of halogens is 3. The Kier molecular flexibility index (Phi) is 3.62. The molecular formula is C11H9F3N4OS. The van der Waals surface area contributed by atoms with Crippen molar-refractivity contribution in [1.29, 1.82) is 0 Å². The number of carbonyl (C=O) groups excluding carboxylic acids is 1. The monoisotopic (exact) mass is 302 g/mol. The summed E-state index contributed by atoms with van der Waals surface area (Å²) in [5.74, 6) is -0.560. The smallest absolute Gasteiger partial charge is 0.398 e. The summed E-state index contributed by atoms with van der Waals surface area (Å²) in [6.45, 7) is 1.59. The second kappa shape index (κ2) is 5.08. The van der Waals surface area contributed by atoms with Crippen LogP contribution in [0.25, 0.3) is 0 Å². The zero-order chi connectivity index (χ0) is 14.9. The number of aryl methyl sites for hydroxylation is 1. The predicted molar refractivity (Wildman–Crippen MR) is 68.5 cm³/mol. The van der Waals surface area contributed by atoms with E-state index in [4.69, 9.17) is 5.73 Å². The summed E-state index contributed by atoms with van der Waals surface area (Å²) in [4.78, 5) is 12.1. The van der Waals surface area contributed by atoms with Crippen LogP contribution >= 0.6 is 11.5 Å². The maximum absolute atomic E-state index is 12.7. The van der Waals surface area contributed by atoms with Crippen molar-refractivity contribution in [3.05, 3.63) is 34.3 Å². The van der Waals surface area contributed by atoms with Crippen LogP contribution in [0.1, 0.15) is 20.9 Å². The van der Waals surface area contributed by atoms with Gasteiger partial charge in [-0.15, -0.1) is 5.10 Å². The Morgan fingerprint density at radius 1 is 1.40 bits per heavy atom. The standard InChI is InChI=1S/C11H9F3N4OS/c1-5-9(20-18-17-5)10(19)16-6-2-3-8(15)7(4-6)11(12,13)14/h2-4H,15H2,1H3,(H,16,19). The molecule has 9 heteroatoms. The molecule has 0 fully saturated rings. The molecule has 0 unspecified atom stereocenters. The fourth-order valence-electron chi connectivity index (χ4n) is 1.51. The quantitative estimate of drug-likeness (QED) is 0.836. The highest BCUT2D eigenvalue weighted by molar-refractivity contribution is 7.08. The van der Waals surface area contributed by atoms with E-state index in [0.717, 1.165) is 23.7 Å². The number of benzene rings is 1. The van der Waals surface area contributed by atoms with Crippen molar-refractivity contribution in [2.75, 3.05) is 11.1 Å². The van der Waals surface area contributed by atoms with Gasteiger partial charge >= 0.3 is 6.18 Å². The lowest BCUT2D eigenvalue weighted by Crippen LogP contribution is -2.14. The zero-order valence-corrected chi connectivity index (χ0v) is 11.0. The highest BCUT2D eigenvalue weighted by Gasteiger charge is 2.33. The summed E-state index contributed by atoms with van der Waals surface area (Å²) in [7, 11) is 0. The van der Waals surface area contributed by atoms with Gasteiger partial charge in [0.05, 0.1) is 11.3 Å². The van der Waals surface area contributed by atoms with Gasteiger partial charge in [-0.2, -0.15) is 13.2 Å². The van der Waals surface area contributed by atoms with E-state index >= 15 is 0 Å². The lowest BCUT2D eigenvalue weighted by atomic mass is 10.1. The highest BCUT2D eigenvalue weighted by Crippen LogP contribution is 2.35. The first-order valence-electron chi connectivity index (χ1n) is 5.36. The topological polar surface area (TPSA) is 80.9 Å². The van der Waals surface area contributed by atoms with Gasteiger partial charge in [0, 0.05) is 11.4 Å². The van der Waals surface area contributed by atoms with Crippen LogP contribution in [0, 0.1) is 6.92 Å². The number of nitrogens with zero attached hydrogens (tertiary/aromatic N) is 2. The molecule has 0 aliphatic rings. The second-order valence-corrected chi connectivity index (χ2v) is 4.70. The molecule has 1 aromatic heterocycles. The third-order valence-electron chi connectivity index (χ3n) is 2.47. The van der Waals surface area contributed by atoms with Crippen LogP contribution in [0.5, 0.6) is 0 Å². The largest absolute Gasteiger partial charge is 0.418 e. The number of nitrogen functional groups attached to an aromatic ring is 1. The molecule has 0 saturated heterocycles. The Morgan fingerprint density at radius 3 is 2.65 bits per heavy atom. The molecular weight excluding hydrogens is 293 g/mol. The first-order chi connectivity index (χ1) is 9.29.